The van der Waals surface area contributed by atoms with Gasteiger partial charge in [0.15, 0.2) is 0 Å². The van der Waals surface area contributed by atoms with Gasteiger partial charge in [-0.15, -0.1) is 0 Å². The molecule has 0 spiro atoms. The number of likely N-dealkylation sites (tertiary alicyclic amines) is 1. The van der Waals surface area contributed by atoms with Crippen molar-refractivity contribution in [3.8, 4) is 0 Å². The molecule has 0 aliphatic carbocycles. The van der Waals surface area contributed by atoms with Gasteiger partial charge in [-0.25, -0.2) is 0 Å². The number of hydrogen-bond donors (Lipinski definition) is 1. The van der Waals surface area contributed by atoms with Crippen LogP contribution in [0.3, 0.4) is 0 Å². The molecule has 0 saturated carbocycles. The van der Waals surface area contributed by atoms with Gasteiger partial charge in [-0.05, 0) is 30.4 Å². The van der Waals surface area contributed by atoms with Crippen LogP contribution >= 0.6 is 0 Å². The second kappa shape index (κ2) is 4.73. The molecule has 3 heteroatoms. The number of carbonyl (C=O) groups excluding carboxylic acids is 1. The predicted octanol–water partition coefficient (Wildman–Crippen LogP) is 1.68. The van der Waals surface area contributed by atoms with Crippen molar-refractivity contribution in [2.24, 2.45) is 5.92 Å². The van der Waals surface area contributed by atoms with Gasteiger partial charge in [0.05, 0.1) is 0 Å². The van der Waals surface area contributed by atoms with Crippen LogP contribution in [0.2, 0.25) is 0 Å². The number of nitrogens with one attached hydrogen (secondary N) is 1. The van der Waals surface area contributed by atoms with Gasteiger partial charge in [-0.3, -0.25) is 4.79 Å². The molecule has 1 N–H and O–H groups in total. The Balaban J connectivity index is 1.86. The minimum absolute atomic E-state index is 0.226. The highest BCUT2D eigenvalue weighted by Crippen LogP contribution is 2.29. The third kappa shape index (κ3) is 1.83. The first-order valence-corrected chi connectivity index (χ1v) is 6.91. The molecule has 3 nitrogen and oxygen atoms in total. The summed E-state index contributed by atoms with van der Waals surface area (Å²) in [6.07, 6.45) is 2.07. The molecule has 2 aliphatic rings. The molecule has 0 unspecified atom stereocenters. The van der Waals surface area contributed by atoms with E-state index in [2.05, 4.69) is 23.2 Å². The zero-order valence-electron chi connectivity index (χ0n) is 10.9. The molecule has 0 aromatic heterocycles. The molecule has 2 saturated heterocycles. The summed E-state index contributed by atoms with van der Waals surface area (Å²) in [6, 6.07) is 8.43. The standard InChI is InChI=1S/C15H20N2O/c1-2-11-5-3-4-6-13(11)15(18)17-8-7-12-9-16-10-14(12)17/h3-6,12,14,16H,2,7-10H2,1H3/t12-,14+/m0/s1. The van der Waals surface area contributed by atoms with Gasteiger partial charge in [-0.2, -0.15) is 0 Å². The van der Waals surface area contributed by atoms with E-state index in [1.54, 1.807) is 0 Å². The molecule has 18 heavy (non-hydrogen) atoms. The largest absolute Gasteiger partial charge is 0.334 e. The predicted molar refractivity (Wildman–Crippen MR) is 71.6 cm³/mol. The molecular formula is C15H20N2O. The molecule has 1 aromatic rings. The zero-order valence-corrected chi connectivity index (χ0v) is 10.9. The second-order valence-corrected chi connectivity index (χ2v) is 5.28. The van der Waals surface area contributed by atoms with E-state index in [0.29, 0.717) is 12.0 Å². The van der Waals surface area contributed by atoms with Crippen LogP contribution in [0, 0.1) is 5.92 Å². The highest BCUT2D eigenvalue weighted by molar-refractivity contribution is 5.96. The summed E-state index contributed by atoms with van der Waals surface area (Å²) < 4.78 is 0. The minimum atomic E-state index is 0.226. The monoisotopic (exact) mass is 244 g/mol. The van der Waals surface area contributed by atoms with Crippen molar-refractivity contribution in [3.05, 3.63) is 35.4 Å². The lowest BCUT2D eigenvalue weighted by Crippen LogP contribution is -2.39. The number of fused-ring (bicyclic) bond motifs is 1. The first kappa shape index (κ1) is 11.7. The summed E-state index contributed by atoms with van der Waals surface area (Å²) in [5.41, 5.74) is 2.06. The van der Waals surface area contributed by atoms with Crippen molar-refractivity contribution >= 4 is 5.91 Å². The summed E-state index contributed by atoms with van der Waals surface area (Å²) >= 11 is 0. The van der Waals surface area contributed by atoms with Crippen LogP contribution in [0.5, 0.6) is 0 Å². The van der Waals surface area contributed by atoms with Gasteiger partial charge in [0.2, 0.25) is 0 Å². The van der Waals surface area contributed by atoms with E-state index in [4.69, 9.17) is 0 Å². The topological polar surface area (TPSA) is 32.3 Å². The van der Waals surface area contributed by atoms with Crippen molar-refractivity contribution in [2.45, 2.75) is 25.8 Å². The molecule has 0 radical (unpaired) electrons. The molecule has 0 bridgehead atoms. The number of aryl methyl sites for hydroxylation is 1. The normalized spacial score (nSPS) is 26.4. The highest BCUT2D eigenvalue weighted by atomic mass is 16.2. The maximum atomic E-state index is 12.7. The van der Waals surface area contributed by atoms with Crippen molar-refractivity contribution < 1.29 is 4.79 Å². The highest BCUT2D eigenvalue weighted by Gasteiger charge is 2.40. The Morgan fingerprint density at radius 2 is 2.22 bits per heavy atom. The first-order valence-electron chi connectivity index (χ1n) is 6.91. The molecule has 1 aromatic carbocycles. The average Bonchev–Trinajstić information content (AvgIpc) is 3.00. The maximum Gasteiger partial charge on any atom is 0.254 e. The molecule has 96 valence electrons. The molecule has 2 fully saturated rings. The lowest BCUT2D eigenvalue weighted by atomic mass is 10.0. The van der Waals surface area contributed by atoms with E-state index in [1.807, 2.05) is 18.2 Å². The molecule has 1 amide bonds. The summed E-state index contributed by atoms with van der Waals surface area (Å²) in [5, 5.41) is 3.40. The lowest BCUT2D eigenvalue weighted by Gasteiger charge is -2.24. The molecule has 2 atom stereocenters. The zero-order chi connectivity index (χ0) is 12.5. The third-order valence-corrected chi connectivity index (χ3v) is 4.33. The van der Waals surface area contributed by atoms with Gasteiger partial charge < -0.3 is 10.2 Å². The van der Waals surface area contributed by atoms with Crippen molar-refractivity contribution in [1.29, 1.82) is 0 Å². The van der Waals surface area contributed by atoms with Crippen molar-refractivity contribution in [3.63, 3.8) is 0 Å². The number of benzene rings is 1. The minimum Gasteiger partial charge on any atom is -0.334 e. The van der Waals surface area contributed by atoms with Crippen LogP contribution in [0.1, 0.15) is 29.3 Å². The van der Waals surface area contributed by atoms with E-state index >= 15 is 0 Å². The fourth-order valence-corrected chi connectivity index (χ4v) is 3.29. The van der Waals surface area contributed by atoms with E-state index in [-0.39, 0.29) is 5.91 Å². The van der Waals surface area contributed by atoms with Gasteiger partial charge in [0.25, 0.3) is 5.91 Å². The Hall–Kier alpha value is -1.35. The van der Waals surface area contributed by atoms with Crippen LogP contribution in [0.15, 0.2) is 24.3 Å². The number of nitrogens with zero attached hydrogens (tertiary/aromatic N) is 1. The van der Waals surface area contributed by atoms with Gasteiger partial charge >= 0.3 is 0 Å². The van der Waals surface area contributed by atoms with Crippen molar-refractivity contribution in [2.75, 3.05) is 19.6 Å². The lowest BCUT2D eigenvalue weighted by molar-refractivity contribution is 0.0736. The second-order valence-electron chi connectivity index (χ2n) is 5.28. The Morgan fingerprint density at radius 1 is 1.39 bits per heavy atom. The SMILES string of the molecule is CCc1ccccc1C(=O)N1CC[C@H]2CNC[C@H]21. The Morgan fingerprint density at radius 3 is 3.06 bits per heavy atom. The van der Waals surface area contributed by atoms with Gasteiger partial charge in [0, 0.05) is 31.2 Å². The van der Waals surface area contributed by atoms with Crippen LogP contribution in [-0.4, -0.2) is 36.5 Å². The van der Waals surface area contributed by atoms with Gasteiger partial charge in [-0.1, -0.05) is 25.1 Å². The first-order chi connectivity index (χ1) is 8.81. The van der Waals surface area contributed by atoms with Crippen molar-refractivity contribution in [1.82, 2.24) is 10.2 Å². The number of amides is 1. The Bertz CT molecular complexity index is 458. The fraction of sp³-hybridized carbons (Fsp3) is 0.533. The summed E-state index contributed by atoms with van der Waals surface area (Å²) in [4.78, 5) is 14.7. The van der Waals surface area contributed by atoms with Gasteiger partial charge in [0.1, 0.15) is 0 Å². The van der Waals surface area contributed by atoms with Crippen LogP contribution in [0.25, 0.3) is 0 Å². The Kier molecular flexibility index (Phi) is 3.08. The third-order valence-electron chi connectivity index (χ3n) is 4.33. The summed E-state index contributed by atoms with van der Waals surface area (Å²) in [5.74, 6) is 0.895. The average molecular weight is 244 g/mol. The van der Waals surface area contributed by atoms with E-state index in [0.717, 1.165) is 43.6 Å². The summed E-state index contributed by atoms with van der Waals surface area (Å²) in [6.45, 7) is 5.07. The smallest absolute Gasteiger partial charge is 0.254 e. The summed E-state index contributed by atoms with van der Waals surface area (Å²) in [7, 11) is 0. The van der Waals surface area contributed by atoms with E-state index in [1.165, 1.54) is 0 Å². The Labute approximate surface area is 108 Å². The van der Waals surface area contributed by atoms with E-state index < -0.39 is 0 Å². The quantitative estimate of drug-likeness (QED) is 0.858. The van der Waals surface area contributed by atoms with Crippen LogP contribution < -0.4 is 5.32 Å². The van der Waals surface area contributed by atoms with E-state index in [9.17, 15) is 4.79 Å². The van der Waals surface area contributed by atoms with Crippen LogP contribution in [0.4, 0.5) is 0 Å². The fourth-order valence-electron chi connectivity index (χ4n) is 3.29. The maximum absolute atomic E-state index is 12.7. The molecule has 2 heterocycles. The van der Waals surface area contributed by atoms with Crippen LogP contribution in [-0.2, 0) is 6.42 Å². The molecular weight excluding hydrogens is 224 g/mol. The molecule has 2 aliphatic heterocycles. The number of hydrogen-bond acceptors (Lipinski definition) is 2. The number of rotatable bonds is 2. The molecule has 3 rings (SSSR count). The number of carbonyl (C=O) groups is 1.